The molecule has 0 aliphatic rings. The zero-order valence-corrected chi connectivity index (χ0v) is 38.5. The molecule has 10 rings (SSSR count). The van der Waals surface area contributed by atoms with Crippen LogP contribution in [0.2, 0.25) is 0 Å². The Labute approximate surface area is 403 Å². The Morgan fingerprint density at radius 2 is 0.710 bits per heavy atom. The predicted molar refractivity (Wildman–Crippen MR) is 283 cm³/mol. The summed E-state index contributed by atoms with van der Waals surface area (Å²) < 4.78 is 0. The Kier molecular flexibility index (Phi) is 12.6. The van der Waals surface area contributed by atoms with E-state index in [9.17, 15) is 0 Å². The highest BCUT2D eigenvalue weighted by Gasteiger charge is 2.31. The van der Waals surface area contributed by atoms with E-state index in [0.29, 0.717) is 34.9 Å². The van der Waals surface area contributed by atoms with Gasteiger partial charge in [-0.15, -0.1) is 0 Å². The summed E-state index contributed by atoms with van der Waals surface area (Å²) in [5.41, 5.74) is 12.7. The number of aromatic nitrogens is 6. The van der Waals surface area contributed by atoms with Gasteiger partial charge in [0.1, 0.15) is 0 Å². The number of benzene rings is 8. The van der Waals surface area contributed by atoms with Crippen LogP contribution >= 0.6 is 0 Å². The maximum Gasteiger partial charge on any atom is 0.164 e. The molecule has 0 spiro atoms. The summed E-state index contributed by atoms with van der Waals surface area (Å²) >= 11 is 0. The van der Waals surface area contributed by atoms with Gasteiger partial charge in [0, 0.05) is 38.8 Å². The fourth-order valence-electron chi connectivity index (χ4n) is 8.71. The third kappa shape index (κ3) is 9.37. The minimum Gasteiger partial charge on any atom is -0.208 e. The molecule has 1 atom stereocenters. The van der Waals surface area contributed by atoms with E-state index in [2.05, 4.69) is 165 Å². The molecule has 0 radical (unpaired) electrons. The molecule has 2 heterocycles. The highest BCUT2D eigenvalue weighted by molar-refractivity contribution is 5.78. The number of rotatable bonds is 13. The van der Waals surface area contributed by atoms with E-state index < -0.39 is 5.41 Å². The second-order valence-corrected chi connectivity index (χ2v) is 16.9. The van der Waals surface area contributed by atoms with Gasteiger partial charge < -0.3 is 0 Å². The van der Waals surface area contributed by atoms with Gasteiger partial charge >= 0.3 is 0 Å². The van der Waals surface area contributed by atoms with E-state index >= 15 is 0 Å². The minimum absolute atomic E-state index is 0.528. The number of allylic oxidation sites excluding steroid dienone is 5. The molecule has 10 aromatic rings. The Morgan fingerprint density at radius 3 is 1.16 bits per heavy atom. The van der Waals surface area contributed by atoms with Crippen molar-refractivity contribution in [2.24, 2.45) is 0 Å². The number of hydrogen-bond donors (Lipinski definition) is 0. The molecule has 0 bridgehead atoms. The molecule has 0 fully saturated rings. The van der Waals surface area contributed by atoms with Crippen molar-refractivity contribution in [3.63, 3.8) is 0 Å². The largest absolute Gasteiger partial charge is 0.208 e. The first-order valence-electron chi connectivity index (χ1n) is 23.1. The summed E-state index contributed by atoms with van der Waals surface area (Å²) in [6.07, 6.45) is 7.87. The van der Waals surface area contributed by atoms with E-state index in [-0.39, 0.29) is 0 Å². The average Bonchev–Trinajstić information content (AvgIpc) is 3.44. The smallest absolute Gasteiger partial charge is 0.164 e. The van der Waals surface area contributed by atoms with E-state index in [0.717, 1.165) is 72.3 Å². The van der Waals surface area contributed by atoms with Crippen LogP contribution in [0.3, 0.4) is 0 Å². The lowest BCUT2D eigenvalue weighted by atomic mass is 9.71. The summed E-state index contributed by atoms with van der Waals surface area (Å²) in [6.45, 7) is 8.17. The van der Waals surface area contributed by atoms with Crippen LogP contribution in [0.4, 0.5) is 0 Å². The van der Waals surface area contributed by atoms with Gasteiger partial charge in [-0.2, -0.15) is 0 Å². The van der Waals surface area contributed by atoms with Crippen LogP contribution in [-0.4, -0.2) is 29.9 Å². The molecule has 0 saturated heterocycles. The molecule has 330 valence electrons. The molecule has 0 N–H and O–H groups in total. The molecule has 0 aliphatic heterocycles. The van der Waals surface area contributed by atoms with Gasteiger partial charge in [0.05, 0.1) is 0 Å². The van der Waals surface area contributed by atoms with Crippen molar-refractivity contribution in [1.82, 2.24) is 29.9 Å². The summed E-state index contributed by atoms with van der Waals surface area (Å²) in [4.78, 5) is 30.4. The topological polar surface area (TPSA) is 77.3 Å². The van der Waals surface area contributed by atoms with Crippen LogP contribution in [0.15, 0.2) is 249 Å². The van der Waals surface area contributed by atoms with Crippen LogP contribution in [0.5, 0.6) is 0 Å². The lowest BCUT2D eigenvalue weighted by molar-refractivity contribution is 0.692. The fraction of sp³-hybridized carbons (Fsp3) is 0.0476. The number of hydrogen-bond acceptors (Lipinski definition) is 6. The van der Waals surface area contributed by atoms with Crippen LogP contribution < -0.4 is 0 Å². The minimum atomic E-state index is -0.528. The SMILES string of the molecule is C=C/C=C\C(=C/C)c1cccc(-c2nc(-c3ccccc3)nc(-c3ccc(C(C)(c4ccccc4)c4ccc(-c5nc(-c6ccccc6)nc(-c6cccc(-c7ccccc7)c6)n5)cc4)cc3)n2)c1. The Bertz CT molecular complexity index is 3440. The second-order valence-electron chi connectivity index (χ2n) is 16.9. The predicted octanol–water partition coefficient (Wildman–Crippen LogP) is 15.2. The molecule has 8 aromatic carbocycles. The van der Waals surface area contributed by atoms with Crippen LogP contribution in [0.25, 0.3) is 85.0 Å². The normalized spacial score (nSPS) is 12.4. The molecule has 2 aromatic heterocycles. The molecular formula is C63H48N6. The zero-order valence-electron chi connectivity index (χ0n) is 38.5. The molecule has 0 saturated carbocycles. The van der Waals surface area contributed by atoms with Crippen molar-refractivity contribution in [3.8, 4) is 79.5 Å². The Balaban J connectivity index is 1.02. The van der Waals surface area contributed by atoms with E-state index in [4.69, 9.17) is 29.9 Å². The fourth-order valence-corrected chi connectivity index (χ4v) is 8.71. The third-order valence-corrected chi connectivity index (χ3v) is 12.5. The molecular weight excluding hydrogens is 841 g/mol. The zero-order chi connectivity index (χ0) is 47.0. The van der Waals surface area contributed by atoms with Gasteiger partial charge in [0.15, 0.2) is 34.9 Å². The lowest BCUT2D eigenvalue weighted by Crippen LogP contribution is -2.25. The molecule has 6 nitrogen and oxygen atoms in total. The van der Waals surface area contributed by atoms with Crippen molar-refractivity contribution in [2.75, 3.05) is 0 Å². The van der Waals surface area contributed by atoms with Gasteiger partial charge in [-0.3, -0.25) is 0 Å². The van der Waals surface area contributed by atoms with Crippen molar-refractivity contribution in [1.29, 1.82) is 0 Å². The average molecular weight is 889 g/mol. The maximum atomic E-state index is 5.11. The van der Waals surface area contributed by atoms with Gasteiger partial charge in [0.25, 0.3) is 0 Å². The van der Waals surface area contributed by atoms with Crippen molar-refractivity contribution >= 4 is 5.57 Å². The summed E-state index contributed by atoms with van der Waals surface area (Å²) in [5.74, 6) is 3.64. The van der Waals surface area contributed by atoms with Crippen LogP contribution in [0.1, 0.15) is 36.1 Å². The van der Waals surface area contributed by atoms with Crippen molar-refractivity contribution in [2.45, 2.75) is 19.3 Å². The van der Waals surface area contributed by atoms with Crippen molar-refractivity contribution in [3.05, 3.63) is 272 Å². The van der Waals surface area contributed by atoms with E-state index in [1.807, 2.05) is 91.9 Å². The summed E-state index contributed by atoms with van der Waals surface area (Å²) in [5, 5.41) is 0. The van der Waals surface area contributed by atoms with E-state index in [1.54, 1.807) is 6.08 Å². The van der Waals surface area contributed by atoms with Crippen molar-refractivity contribution < 1.29 is 0 Å². The third-order valence-electron chi connectivity index (χ3n) is 12.5. The first kappa shape index (κ1) is 43.9. The number of nitrogens with zero attached hydrogens (tertiary/aromatic N) is 6. The molecule has 1 unspecified atom stereocenters. The molecule has 6 heteroatoms. The summed E-state index contributed by atoms with van der Waals surface area (Å²) in [6, 6.07) is 75.2. The quantitative estimate of drug-likeness (QED) is 0.0848. The highest BCUT2D eigenvalue weighted by Crippen LogP contribution is 2.40. The van der Waals surface area contributed by atoms with Crippen LogP contribution in [-0.2, 0) is 5.41 Å². The maximum absolute atomic E-state index is 5.11. The van der Waals surface area contributed by atoms with Gasteiger partial charge in [-0.05, 0) is 64.9 Å². The standard InChI is InChI=1S/C63H48N6/c1-4-6-21-44(5-2)50-28-19-30-52(42-50)61-66-57(46-24-13-8-14-25-46)64-59(68-61)48-34-38-55(39-35-48)63(3,54-32-17-10-18-33-54)56-40-36-49(37-41-56)60-65-58(47-26-15-9-16-27-47)67-62(69-60)53-31-20-29-51(43-53)45-22-11-7-12-23-45/h4-43H,1H2,2-3H3/b21-6-,44-5+. The molecule has 69 heavy (non-hydrogen) atoms. The Morgan fingerprint density at radius 1 is 0.362 bits per heavy atom. The monoisotopic (exact) mass is 888 g/mol. The van der Waals surface area contributed by atoms with Crippen LogP contribution in [0, 0.1) is 0 Å². The lowest BCUT2D eigenvalue weighted by Gasteiger charge is -2.32. The van der Waals surface area contributed by atoms with E-state index in [1.165, 1.54) is 0 Å². The van der Waals surface area contributed by atoms with Gasteiger partial charge in [-0.1, -0.05) is 237 Å². The van der Waals surface area contributed by atoms with Gasteiger partial charge in [0.2, 0.25) is 0 Å². The Hall–Kier alpha value is -9.00. The highest BCUT2D eigenvalue weighted by atomic mass is 15.0. The molecule has 0 aliphatic carbocycles. The summed E-state index contributed by atoms with van der Waals surface area (Å²) in [7, 11) is 0. The molecule has 0 amide bonds. The second kappa shape index (κ2) is 19.8. The first-order chi connectivity index (χ1) is 34.0. The first-order valence-corrected chi connectivity index (χ1v) is 23.1. The van der Waals surface area contributed by atoms with Gasteiger partial charge in [-0.25, -0.2) is 29.9 Å².